The highest BCUT2D eigenvalue weighted by atomic mass is 16.3. The Hall–Kier alpha value is -2.09. The van der Waals surface area contributed by atoms with Crippen LogP contribution in [0.5, 0.6) is 5.75 Å². The molecule has 3 aliphatic carbocycles. The number of phenolic OH excluding ortho intramolecular Hbond substituents is 1. The van der Waals surface area contributed by atoms with Gasteiger partial charge >= 0.3 is 0 Å². The third-order valence-electron chi connectivity index (χ3n) is 8.39. The molecule has 5 rings (SSSR count). The van der Waals surface area contributed by atoms with Crippen LogP contribution in [0.2, 0.25) is 0 Å². The van der Waals surface area contributed by atoms with Crippen molar-refractivity contribution in [3.63, 3.8) is 0 Å². The summed E-state index contributed by atoms with van der Waals surface area (Å²) in [6.07, 6.45) is 9.31. The Balaban J connectivity index is 1.36. The van der Waals surface area contributed by atoms with E-state index in [9.17, 15) is 9.90 Å². The summed E-state index contributed by atoms with van der Waals surface area (Å²) in [6, 6.07) is 15.0. The van der Waals surface area contributed by atoms with Crippen LogP contribution in [0.4, 0.5) is 0 Å². The van der Waals surface area contributed by atoms with Gasteiger partial charge in [0.2, 0.25) is 0 Å². The number of aryl methyl sites for hydroxylation is 3. The number of fused-ring (bicyclic) bond motifs is 5. The van der Waals surface area contributed by atoms with E-state index >= 15 is 0 Å². The number of rotatable bonds is 4. The molecule has 0 amide bonds. The number of aromatic hydroxyl groups is 1. The van der Waals surface area contributed by atoms with Crippen molar-refractivity contribution in [2.75, 3.05) is 0 Å². The van der Waals surface area contributed by atoms with Gasteiger partial charge in [-0.2, -0.15) is 0 Å². The van der Waals surface area contributed by atoms with Crippen LogP contribution < -0.4 is 0 Å². The summed E-state index contributed by atoms with van der Waals surface area (Å²) >= 11 is 0. The van der Waals surface area contributed by atoms with Crippen molar-refractivity contribution in [1.29, 1.82) is 0 Å². The molecular weight excluding hydrogens is 356 g/mol. The van der Waals surface area contributed by atoms with Crippen molar-refractivity contribution >= 4 is 5.78 Å². The molecule has 0 aliphatic heterocycles. The number of carbonyl (C=O) groups is 1. The standard InChI is InChI=1S/C27H32O2/c1-27-15-14-21-22(24(27)12-13-26(27)29)11-10-19-17-25(28)20(16-23(19)21)9-5-8-18-6-3-2-4-7-18/h2-4,6-7,16-17,21-22,24,28H,5,8-15H2,1H3/t21-,22+,24-,27-/m0/s1. The first-order valence-corrected chi connectivity index (χ1v) is 11.5. The average molecular weight is 389 g/mol. The molecule has 0 aromatic heterocycles. The van der Waals surface area contributed by atoms with E-state index in [2.05, 4.69) is 49.4 Å². The van der Waals surface area contributed by atoms with Crippen LogP contribution in [0.3, 0.4) is 0 Å². The molecule has 4 atom stereocenters. The van der Waals surface area contributed by atoms with Crippen LogP contribution in [0, 0.1) is 17.3 Å². The monoisotopic (exact) mass is 388 g/mol. The number of Topliss-reactive ketones (excluding diaryl/α,β-unsaturated/α-hetero) is 1. The van der Waals surface area contributed by atoms with Crippen LogP contribution in [0.25, 0.3) is 0 Å². The molecule has 2 aromatic rings. The zero-order chi connectivity index (χ0) is 20.0. The minimum atomic E-state index is -0.0614. The van der Waals surface area contributed by atoms with Crippen molar-refractivity contribution in [1.82, 2.24) is 0 Å². The van der Waals surface area contributed by atoms with Crippen molar-refractivity contribution in [2.24, 2.45) is 17.3 Å². The maximum Gasteiger partial charge on any atom is 0.139 e. The molecular formula is C27H32O2. The Labute approximate surface area is 174 Å². The SMILES string of the molecule is C[C@]12CC[C@@H]3c4cc(CCCc5ccccc5)c(O)cc4CC[C@H]3[C@@H]1CCC2=O. The lowest BCUT2D eigenvalue weighted by molar-refractivity contribution is -0.129. The molecule has 0 unspecified atom stereocenters. The molecule has 0 spiro atoms. The number of benzene rings is 2. The zero-order valence-corrected chi connectivity index (χ0v) is 17.5. The highest BCUT2D eigenvalue weighted by Crippen LogP contribution is 2.59. The van der Waals surface area contributed by atoms with E-state index in [0.29, 0.717) is 29.3 Å². The molecule has 0 radical (unpaired) electrons. The van der Waals surface area contributed by atoms with Gasteiger partial charge in [-0.3, -0.25) is 4.79 Å². The lowest BCUT2D eigenvalue weighted by Crippen LogP contribution is -2.42. The fraction of sp³-hybridized carbons (Fsp3) is 0.519. The Kier molecular flexibility index (Phi) is 4.76. The molecule has 2 saturated carbocycles. The Bertz CT molecular complexity index is 916. The molecule has 0 heterocycles. The van der Waals surface area contributed by atoms with Crippen LogP contribution in [0.1, 0.15) is 73.6 Å². The van der Waals surface area contributed by atoms with Gasteiger partial charge in [-0.25, -0.2) is 0 Å². The van der Waals surface area contributed by atoms with Gasteiger partial charge in [0.05, 0.1) is 0 Å². The Morgan fingerprint density at radius 2 is 1.86 bits per heavy atom. The maximum atomic E-state index is 12.6. The molecule has 0 bridgehead atoms. The van der Waals surface area contributed by atoms with Crippen LogP contribution in [-0.2, 0) is 24.1 Å². The predicted octanol–water partition coefficient (Wildman–Crippen LogP) is 5.99. The second-order valence-corrected chi connectivity index (χ2v) is 9.85. The van der Waals surface area contributed by atoms with E-state index in [1.165, 1.54) is 23.1 Å². The maximum absolute atomic E-state index is 12.6. The molecule has 1 N–H and O–H groups in total. The zero-order valence-electron chi connectivity index (χ0n) is 17.5. The largest absolute Gasteiger partial charge is 0.508 e. The summed E-state index contributed by atoms with van der Waals surface area (Å²) < 4.78 is 0. The molecule has 2 heteroatoms. The topological polar surface area (TPSA) is 37.3 Å². The van der Waals surface area contributed by atoms with Gasteiger partial charge < -0.3 is 5.11 Å². The molecule has 2 fully saturated rings. The van der Waals surface area contributed by atoms with Gasteiger partial charge in [-0.05, 0) is 97.4 Å². The fourth-order valence-corrected chi connectivity index (χ4v) is 6.75. The molecule has 2 nitrogen and oxygen atoms in total. The van der Waals surface area contributed by atoms with Gasteiger partial charge in [-0.1, -0.05) is 43.3 Å². The van der Waals surface area contributed by atoms with Gasteiger partial charge in [0.1, 0.15) is 11.5 Å². The fourth-order valence-electron chi connectivity index (χ4n) is 6.75. The number of hydrogen-bond acceptors (Lipinski definition) is 2. The second-order valence-electron chi connectivity index (χ2n) is 9.85. The normalized spacial score (nSPS) is 30.5. The molecule has 2 aromatic carbocycles. The van der Waals surface area contributed by atoms with E-state index in [4.69, 9.17) is 0 Å². The molecule has 152 valence electrons. The number of carbonyl (C=O) groups excluding carboxylic acids is 1. The van der Waals surface area contributed by atoms with Crippen LogP contribution in [0.15, 0.2) is 42.5 Å². The lowest BCUT2D eigenvalue weighted by Gasteiger charge is -2.48. The van der Waals surface area contributed by atoms with Crippen molar-refractivity contribution in [3.05, 3.63) is 64.7 Å². The van der Waals surface area contributed by atoms with E-state index in [-0.39, 0.29) is 5.41 Å². The molecule has 29 heavy (non-hydrogen) atoms. The molecule has 0 saturated heterocycles. The number of hydrogen-bond donors (Lipinski definition) is 1. The summed E-state index contributed by atoms with van der Waals surface area (Å²) in [6.45, 7) is 2.24. The summed E-state index contributed by atoms with van der Waals surface area (Å²) in [5.41, 5.74) is 5.24. The Morgan fingerprint density at radius 1 is 1.03 bits per heavy atom. The van der Waals surface area contributed by atoms with E-state index in [0.717, 1.165) is 56.9 Å². The van der Waals surface area contributed by atoms with E-state index in [1.807, 2.05) is 0 Å². The third-order valence-corrected chi connectivity index (χ3v) is 8.39. The quantitative estimate of drug-likeness (QED) is 0.698. The number of phenols is 1. The van der Waals surface area contributed by atoms with Crippen molar-refractivity contribution in [2.45, 2.75) is 70.6 Å². The summed E-state index contributed by atoms with van der Waals surface area (Å²) in [5, 5.41) is 10.6. The lowest BCUT2D eigenvalue weighted by atomic mass is 9.55. The molecule has 3 aliphatic rings. The third kappa shape index (κ3) is 3.21. The van der Waals surface area contributed by atoms with Crippen molar-refractivity contribution < 1.29 is 9.90 Å². The van der Waals surface area contributed by atoms with Crippen LogP contribution in [-0.4, -0.2) is 10.9 Å². The Morgan fingerprint density at radius 3 is 2.69 bits per heavy atom. The van der Waals surface area contributed by atoms with Gasteiger partial charge in [0.15, 0.2) is 0 Å². The first-order valence-electron chi connectivity index (χ1n) is 11.5. The van der Waals surface area contributed by atoms with Gasteiger partial charge in [-0.15, -0.1) is 0 Å². The van der Waals surface area contributed by atoms with Crippen LogP contribution >= 0.6 is 0 Å². The van der Waals surface area contributed by atoms with E-state index < -0.39 is 0 Å². The summed E-state index contributed by atoms with van der Waals surface area (Å²) in [4.78, 5) is 12.6. The minimum absolute atomic E-state index is 0.0614. The van der Waals surface area contributed by atoms with Gasteiger partial charge in [0, 0.05) is 11.8 Å². The number of ketones is 1. The first kappa shape index (κ1) is 18.9. The van der Waals surface area contributed by atoms with Crippen molar-refractivity contribution in [3.8, 4) is 5.75 Å². The highest BCUT2D eigenvalue weighted by molar-refractivity contribution is 5.87. The van der Waals surface area contributed by atoms with E-state index in [1.54, 1.807) is 0 Å². The smallest absolute Gasteiger partial charge is 0.139 e. The minimum Gasteiger partial charge on any atom is -0.508 e. The highest BCUT2D eigenvalue weighted by Gasteiger charge is 2.54. The predicted molar refractivity (Wildman–Crippen MR) is 116 cm³/mol. The van der Waals surface area contributed by atoms with Gasteiger partial charge in [0.25, 0.3) is 0 Å². The first-order chi connectivity index (χ1) is 14.1. The second kappa shape index (κ2) is 7.31. The summed E-state index contributed by atoms with van der Waals surface area (Å²) in [5.74, 6) is 2.79. The average Bonchev–Trinajstić information content (AvgIpc) is 3.04. The summed E-state index contributed by atoms with van der Waals surface area (Å²) in [7, 11) is 0.